The number of carbonyl (C=O) groups excluding carboxylic acids is 2. The maximum atomic E-state index is 12.2. The highest BCUT2D eigenvalue weighted by molar-refractivity contribution is 5.96. The average molecular weight is 384 g/mol. The molecule has 1 aromatic carbocycles. The number of nitrogens with one attached hydrogen (secondary N) is 3. The number of hydrogen-bond donors (Lipinski definition) is 3. The molecule has 3 amide bonds. The van der Waals surface area contributed by atoms with Gasteiger partial charge in [-0.2, -0.15) is 0 Å². The Morgan fingerprint density at radius 2 is 1.96 bits per heavy atom. The van der Waals surface area contributed by atoms with Crippen LogP contribution in [0.3, 0.4) is 0 Å². The minimum Gasteiger partial charge on any atom is -0.350 e. The first-order valence-electron chi connectivity index (χ1n) is 9.52. The van der Waals surface area contributed by atoms with Gasteiger partial charge in [0, 0.05) is 42.6 Å². The van der Waals surface area contributed by atoms with E-state index in [1.807, 2.05) is 20.8 Å². The van der Waals surface area contributed by atoms with E-state index < -0.39 is 0 Å². The van der Waals surface area contributed by atoms with Crippen LogP contribution in [0.4, 0.5) is 10.5 Å². The second-order valence-electron chi connectivity index (χ2n) is 6.78. The summed E-state index contributed by atoms with van der Waals surface area (Å²) in [6.45, 7) is 6.80. The van der Waals surface area contributed by atoms with Gasteiger partial charge in [0.05, 0.1) is 0 Å². The van der Waals surface area contributed by atoms with Crippen LogP contribution < -0.4 is 21.5 Å². The highest BCUT2D eigenvalue weighted by Gasteiger charge is 2.11. The molecule has 7 nitrogen and oxygen atoms in total. The van der Waals surface area contributed by atoms with Gasteiger partial charge in [-0.05, 0) is 56.5 Å². The number of pyridine rings is 1. The summed E-state index contributed by atoms with van der Waals surface area (Å²) in [5, 5.41) is 8.48. The van der Waals surface area contributed by atoms with E-state index in [2.05, 4.69) is 16.0 Å². The van der Waals surface area contributed by atoms with Crippen LogP contribution in [0.15, 0.2) is 47.4 Å². The summed E-state index contributed by atoms with van der Waals surface area (Å²) in [6, 6.07) is 9.99. The molecule has 0 saturated carbocycles. The van der Waals surface area contributed by atoms with Crippen LogP contribution in [0.1, 0.15) is 42.6 Å². The highest BCUT2D eigenvalue weighted by Crippen LogP contribution is 2.16. The van der Waals surface area contributed by atoms with Gasteiger partial charge in [0.2, 0.25) is 5.56 Å². The van der Waals surface area contributed by atoms with Crippen molar-refractivity contribution in [1.29, 1.82) is 0 Å². The Morgan fingerprint density at radius 3 is 2.64 bits per heavy atom. The Labute approximate surface area is 165 Å². The standard InChI is InChI=1S/C21H28N4O3/c1-4-16(3)23-20(27)17-9-10-18(15(2)14-17)24-21(28)22-11-7-13-25-12-6-5-8-19(25)26/h5-6,8-10,12,14,16H,4,7,11,13H2,1-3H3,(H,23,27)(H2,22,24,28). The number of carbonyl (C=O) groups is 2. The van der Waals surface area contributed by atoms with E-state index >= 15 is 0 Å². The molecule has 0 bridgehead atoms. The molecular formula is C21H28N4O3. The number of amides is 3. The van der Waals surface area contributed by atoms with Gasteiger partial charge < -0.3 is 20.5 Å². The molecule has 1 unspecified atom stereocenters. The summed E-state index contributed by atoms with van der Waals surface area (Å²) in [6.07, 6.45) is 3.24. The third-order valence-electron chi connectivity index (χ3n) is 4.49. The predicted molar refractivity (Wildman–Crippen MR) is 111 cm³/mol. The van der Waals surface area contributed by atoms with Gasteiger partial charge in [0.25, 0.3) is 5.91 Å². The largest absolute Gasteiger partial charge is 0.350 e. The van der Waals surface area contributed by atoms with Crippen LogP contribution in [0, 0.1) is 6.92 Å². The molecule has 2 aromatic rings. The number of hydrogen-bond acceptors (Lipinski definition) is 3. The topological polar surface area (TPSA) is 92.2 Å². The van der Waals surface area contributed by atoms with Crippen LogP contribution in [-0.2, 0) is 6.54 Å². The van der Waals surface area contributed by atoms with Crippen molar-refractivity contribution in [3.05, 3.63) is 64.1 Å². The normalized spacial score (nSPS) is 11.5. The summed E-state index contributed by atoms with van der Waals surface area (Å²) in [7, 11) is 0. The Balaban J connectivity index is 1.82. The van der Waals surface area contributed by atoms with E-state index in [1.54, 1.807) is 41.1 Å². The van der Waals surface area contributed by atoms with Crippen molar-refractivity contribution in [2.45, 2.75) is 46.2 Å². The van der Waals surface area contributed by atoms with E-state index in [4.69, 9.17) is 0 Å². The molecule has 0 aliphatic carbocycles. The van der Waals surface area contributed by atoms with Crippen molar-refractivity contribution >= 4 is 17.6 Å². The smallest absolute Gasteiger partial charge is 0.319 e. The Kier molecular flexibility index (Phi) is 7.80. The van der Waals surface area contributed by atoms with Crippen molar-refractivity contribution in [1.82, 2.24) is 15.2 Å². The molecule has 0 saturated heterocycles. The van der Waals surface area contributed by atoms with E-state index in [0.717, 1.165) is 12.0 Å². The molecule has 150 valence electrons. The summed E-state index contributed by atoms with van der Waals surface area (Å²) < 4.78 is 1.60. The van der Waals surface area contributed by atoms with Gasteiger partial charge in [-0.1, -0.05) is 13.0 Å². The zero-order valence-corrected chi connectivity index (χ0v) is 16.6. The number of nitrogens with zero attached hydrogens (tertiary/aromatic N) is 1. The quantitative estimate of drug-likeness (QED) is 0.611. The van der Waals surface area contributed by atoms with Crippen molar-refractivity contribution < 1.29 is 9.59 Å². The summed E-state index contributed by atoms with van der Waals surface area (Å²) in [5.41, 5.74) is 1.97. The van der Waals surface area contributed by atoms with Crippen molar-refractivity contribution in [2.24, 2.45) is 0 Å². The first-order chi connectivity index (χ1) is 13.4. The first kappa shape index (κ1) is 21.2. The van der Waals surface area contributed by atoms with Crippen LogP contribution in [0.2, 0.25) is 0 Å². The fourth-order valence-electron chi connectivity index (χ4n) is 2.62. The molecule has 0 radical (unpaired) electrons. The van der Waals surface area contributed by atoms with Crippen LogP contribution >= 0.6 is 0 Å². The molecule has 3 N–H and O–H groups in total. The monoisotopic (exact) mass is 384 g/mol. The third kappa shape index (κ3) is 6.26. The first-order valence-corrected chi connectivity index (χ1v) is 9.52. The van der Waals surface area contributed by atoms with E-state index in [1.165, 1.54) is 6.07 Å². The van der Waals surface area contributed by atoms with Crippen LogP contribution in [-0.4, -0.2) is 29.1 Å². The molecule has 0 fully saturated rings. The number of rotatable bonds is 8. The van der Waals surface area contributed by atoms with Gasteiger partial charge in [0.15, 0.2) is 0 Å². The van der Waals surface area contributed by atoms with Crippen LogP contribution in [0.25, 0.3) is 0 Å². The Morgan fingerprint density at radius 1 is 1.18 bits per heavy atom. The molecule has 0 aliphatic heterocycles. The maximum Gasteiger partial charge on any atom is 0.319 e. The highest BCUT2D eigenvalue weighted by atomic mass is 16.2. The zero-order chi connectivity index (χ0) is 20.5. The molecule has 7 heteroatoms. The lowest BCUT2D eigenvalue weighted by molar-refractivity contribution is 0.0939. The molecule has 1 heterocycles. The number of anilines is 1. The SMILES string of the molecule is CCC(C)NC(=O)c1ccc(NC(=O)NCCCn2ccccc2=O)c(C)c1. The van der Waals surface area contributed by atoms with E-state index in [0.29, 0.717) is 30.8 Å². The Bertz CT molecular complexity index is 876. The maximum absolute atomic E-state index is 12.2. The predicted octanol–water partition coefficient (Wildman–Crippen LogP) is 2.90. The number of urea groups is 1. The van der Waals surface area contributed by atoms with Gasteiger partial charge in [0.1, 0.15) is 0 Å². The lowest BCUT2D eigenvalue weighted by Gasteiger charge is -2.14. The minimum atomic E-state index is -0.319. The molecule has 1 aromatic heterocycles. The molecule has 2 rings (SSSR count). The fraction of sp³-hybridized carbons (Fsp3) is 0.381. The van der Waals surface area contributed by atoms with Crippen molar-refractivity contribution in [3.63, 3.8) is 0 Å². The minimum absolute atomic E-state index is 0.0555. The van der Waals surface area contributed by atoms with Crippen molar-refractivity contribution in [2.75, 3.05) is 11.9 Å². The van der Waals surface area contributed by atoms with Gasteiger partial charge in [-0.25, -0.2) is 4.79 Å². The number of aryl methyl sites for hydroxylation is 2. The van der Waals surface area contributed by atoms with Crippen molar-refractivity contribution in [3.8, 4) is 0 Å². The number of benzene rings is 1. The molecule has 1 atom stereocenters. The third-order valence-corrected chi connectivity index (χ3v) is 4.49. The molecule has 28 heavy (non-hydrogen) atoms. The second-order valence-corrected chi connectivity index (χ2v) is 6.78. The zero-order valence-electron chi connectivity index (χ0n) is 16.6. The molecule has 0 aliphatic rings. The lowest BCUT2D eigenvalue weighted by atomic mass is 10.1. The van der Waals surface area contributed by atoms with E-state index in [-0.39, 0.29) is 23.5 Å². The average Bonchev–Trinajstić information content (AvgIpc) is 2.67. The van der Waals surface area contributed by atoms with Gasteiger partial charge in [-0.15, -0.1) is 0 Å². The van der Waals surface area contributed by atoms with E-state index in [9.17, 15) is 14.4 Å². The number of aromatic nitrogens is 1. The van der Waals surface area contributed by atoms with Gasteiger partial charge in [-0.3, -0.25) is 9.59 Å². The van der Waals surface area contributed by atoms with Crippen LogP contribution in [0.5, 0.6) is 0 Å². The summed E-state index contributed by atoms with van der Waals surface area (Å²) in [4.78, 5) is 35.9. The summed E-state index contributed by atoms with van der Waals surface area (Å²) >= 11 is 0. The molecule has 0 spiro atoms. The van der Waals surface area contributed by atoms with Gasteiger partial charge >= 0.3 is 6.03 Å². The summed E-state index contributed by atoms with van der Waals surface area (Å²) in [5.74, 6) is -0.121. The fourth-order valence-corrected chi connectivity index (χ4v) is 2.62. The lowest BCUT2D eigenvalue weighted by Crippen LogP contribution is -2.32. The second kappa shape index (κ2) is 10.3. The molecular weight excluding hydrogens is 356 g/mol. The Hall–Kier alpha value is -3.09.